The lowest BCUT2D eigenvalue weighted by molar-refractivity contribution is 0.0691. The van der Waals surface area contributed by atoms with E-state index in [-0.39, 0.29) is 5.69 Å². The second kappa shape index (κ2) is 5.12. The Kier molecular flexibility index (Phi) is 3.30. The van der Waals surface area contributed by atoms with Crippen LogP contribution in [0.3, 0.4) is 0 Å². The Morgan fingerprint density at radius 3 is 2.95 bits per heavy atom. The first kappa shape index (κ1) is 12.9. The highest BCUT2D eigenvalue weighted by Crippen LogP contribution is 2.29. The minimum absolute atomic E-state index is 0.122. The lowest BCUT2D eigenvalue weighted by atomic mass is 9.99. The van der Waals surface area contributed by atoms with Crippen molar-refractivity contribution in [1.82, 2.24) is 4.98 Å². The van der Waals surface area contributed by atoms with Gasteiger partial charge in [-0.3, -0.25) is 0 Å². The van der Waals surface area contributed by atoms with Gasteiger partial charge in [0.1, 0.15) is 5.82 Å². The fourth-order valence-electron chi connectivity index (χ4n) is 2.91. The van der Waals surface area contributed by atoms with Crippen molar-refractivity contribution >= 4 is 22.6 Å². The van der Waals surface area contributed by atoms with Crippen molar-refractivity contribution in [2.75, 3.05) is 18.0 Å². The maximum absolute atomic E-state index is 11.3. The molecule has 1 saturated heterocycles. The quantitative estimate of drug-likeness (QED) is 0.910. The van der Waals surface area contributed by atoms with Crippen LogP contribution in [0.2, 0.25) is 0 Å². The molecular formula is C16H18N2O2. The fourth-order valence-corrected chi connectivity index (χ4v) is 2.91. The lowest BCUT2D eigenvalue weighted by Crippen LogP contribution is -2.35. The summed E-state index contributed by atoms with van der Waals surface area (Å²) in [6, 6.07) is 9.51. The largest absolute Gasteiger partial charge is 0.477 e. The van der Waals surface area contributed by atoms with Crippen LogP contribution in [0, 0.1) is 5.92 Å². The Morgan fingerprint density at radius 2 is 2.20 bits per heavy atom. The van der Waals surface area contributed by atoms with Crippen LogP contribution in [-0.2, 0) is 0 Å². The number of piperidine rings is 1. The van der Waals surface area contributed by atoms with Gasteiger partial charge in [-0.1, -0.05) is 31.2 Å². The van der Waals surface area contributed by atoms with E-state index in [9.17, 15) is 9.90 Å². The van der Waals surface area contributed by atoms with Crippen LogP contribution in [0.4, 0.5) is 5.82 Å². The number of anilines is 1. The normalized spacial score (nSPS) is 19.2. The average Bonchev–Trinajstić information content (AvgIpc) is 2.46. The molecule has 3 rings (SSSR count). The molecule has 1 aromatic heterocycles. The van der Waals surface area contributed by atoms with Crippen LogP contribution >= 0.6 is 0 Å². The SMILES string of the molecule is CC1CCCN(c2nc(C(=O)O)cc3ccccc23)C1. The molecule has 20 heavy (non-hydrogen) atoms. The Morgan fingerprint density at radius 1 is 1.40 bits per heavy atom. The highest BCUT2D eigenvalue weighted by atomic mass is 16.4. The molecule has 0 spiro atoms. The summed E-state index contributed by atoms with van der Waals surface area (Å²) in [5.41, 5.74) is 0.122. The summed E-state index contributed by atoms with van der Waals surface area (Å²) in [6.45, 7) is 4.12. The molecule has 1 fully saturated rings. The number of nitrogens with zero attached hydrogens (tertiary/aromatic N) is 2. The average molecular weight is 270 g/mol. The van der Waals surface area contributed by atoms with E-state index in [1.165, 1.54) is 6.42 Å². The molecule has 2 heterocycles. The molecule has 0 radical (unpaired) electrons. The van der Waals surface area contributed by atoms with Crippen LogP contribution in [0.1, 0.15) is 30.3 Å². The molecule has 4 nitrogen and oxygen atoms in total. The zero-order valence-electron chi connectivity index (χ0n) is 11.5. The summed E-state index contributed by atoms with van der Waals surface area (Å²) in [4.78, 5) is 17.9. The van der Waals surface area contributed by atoms with Crippen molar-refractivity contribution in [3.05, 3.63) is 36.0 Å². The number of carboxylic acid groups (broad SMARTS) is 1. The van der Waals surface area contributed by atoms with Crippen LogP contribution in [0.5, 0.6) is 0 Å². The molecule has 4 heteroatoms. The van der Waals surface area contributed by atoms with Gasteiger partial charge in [0.15, 0.2) is 5.69 Å². The zero-order valence-corrected chi connectivity index (χ0v) is 11.5. The molecule has 1 aliphatic rings. The van der Waals surface area contributed by atoms with Crippen LogP contribution < -0.4 is 4.90 Å². The Labute approximate surface area is 118 Å². The summed E-state index contributed by atoms with van der Waals surface area (Å²) in [5, 5.41) is 11.2. The van der Waals surface area contributed by atoms with Gasteiger partial charge < -0.3 is 10.0 Å². The molecule has 1 unspecified atom stereocenters. The van der Waals surface area contributed by atoms with E-state index in [0.29, 0.717) is 5.92 Å². The molecule has 104 valence electrons. The van der Waals surface area contributed by atoms with Gasteiger partial charge in [0, 0.05) is 18.5 Å². The maximum Gasteiger partial charge on any atom is 0.354 e. The smallest absolute Gasteiger partial charge is 0.354 e. The highest BCUT2D eigenvalue weighted by Gasteiger charge is 2.21. The monoisotopic (exact) mass is 270 g/mol. The molecule has 0 saturated carbocycles. The molecule has 1 aliphatic heterocycles. The highest BCUT2D eigenvalue weighted by molar-refractivity contribution is 5.98. The second-order valence-corrected chi connectivity index (χ2v) is 5.55. The molecular weight excluding hydrogens is 252 g/mol. The number of benzene rings is 1. The topological polar surface area (TPSA) is 53.4 Å². The van der Waals surface area contributed by atoms with Crippen LogP contribution in [-0.4, -0.2) is 29.1 Å². The van der Waals surface area contributed by atoms with Gasteiger partial charge in [-0.25, -0.2) is 9.78 Å². The first-order valence-electron chi connectivity index (χ1n) is 7.03. The molecule has 0 aliphatic carbocycles. The summed E-state index contributed by atoms with van der Waals surface area (Å²) in [6.07, 6.45) is 2.36. The number of aromatic carboxylic acids is 1. The molecule has 0 bridgehead atoms. The number of carbonyl (C=O) groups is 1. The van der Waals surface area contributed by atoms with E-state index < -0.39 is 5.97 Å². The Balaban J connectivity index is 2.14. The van der Waals surface area contributed by atoms with Crippen LogP contribution in [0.25, 0.3) is 10.8 Å². The van der Waals surface area contributed by atoms with Crippen molar-refractivity contribution in [3.8, 4) is 0 Å². The maximum atomic E-state index is 11.3. The first-order chi connectivity index (χ1) is 9.65. The number of fused-ring (bicyclic) bond motifs is 1. The van der Waals surface area contributed by atoms with Crippen molar-refractivity contribution < 1.29 is 9.90 Å². The van der Waals surface area contributed by atoms with Crippen LogP contribution in [0.15, 0.2) is 30.3 Å². The standard InChI is InChI=1S/C16H18N2O2/c1-11-5-4-8-18(10-11)15-13-7-3-2-6-12(13)9-14(17-15)16(19)20/h2-3,6-7,9,11H,4-5,8,10H2,1H3,(H,19,20). The summed E-state index contributed by atoms with van der Waals surface area (Å²) in [5.74, 6) is 0.465. The Hall–Kier alpha value is -2.10. The predicted molar refractivity (Wildman–Crippen MR) is 79.3 cm³/mol. The van der Waals surface area contributed by atoms with E-state index in [1.54, 1.807) is 6.07 Å². The third-order valence-corrected chi connectivity index (χ3v) is 3.90. The van der Waals surface area contributed by atoms with Gasteiger partial charge in [-0.2, -0.15) is 0 Å². The third kappa shape index (κ3) is 2.33. The number of carboxylic acids is 1. The first-order valence-corrected chi connectivity index (χ1v) is 7.03. The van der Waals surface area contributed by atoms with Gasteiger partial charge >= 0.3 is 5.97 Å². The van der Waals surface area contributed by atoms with Gasteiger partial charge in [0.25, 0.3) is 0 Å². The number of aromatic nitrogens is 1. The summed E-state index contributed by atoms with van der Waals surface area (Å²) >= 11 is 0. The van der Waals surface area contributed by atoms with E-state index in [1.807, 2.05) is 24.3 Å². The van der Waals surface area contributed by atoms with Crippen molar-refractivity contribution in [3.63, 3.8) is 0 Å². The van der Waals surface area contributed by atoms with E-state index in [0.717, 1.165) is 36.1 Å². The molecule has 0 amide bonds. The molecule has 1 atom stereocenters. The minimum Gasteiger partial charge on any atom is -0.477 e. The minimum atomic E-state index is -0.970. The molecule has 2 aromatic rings. The van der Waals surface area contributed by atoms with Crippen molar-refractivity contribution in [1.29, 1.82) is 0 Å². The van der Waals surface area contributed by atoms with Gasteiger partial charge in [0.05, 0.1) is 0 Å². The zero-order chi connectivity index (χ0) is 14.1. The van der Waals surface area contributed by atoms with E-state index in [2.05, 4.69) is 16.8 Å². The number of hydrogen-bond acceptors (Lipinski definition) is 3. The van der Waals surface area contributed by atoms with Gasteiger partial charge in [0.2, 0.25) is 0 Å². The number of pyridine rings is 1. The van der Waals surface area contributed by atoms with Gasteiger partial charge in [-0.15, -0.1) is 0 Å². The van der Waals surface area contributed by atoms with Gasteiger partial charge in [-0.05, 0) is 30.2 Å². The number of hydrogen-bond donors (Lipinski definition) is 1. The molecule has 1 aromatic carbocycles. The van der Waals surface area contributed by atoms with E-state index >= 15 is 0 Å². The Bertz CT molecular complexity index is 654. The molecule has 1 N–H and O–H groups in total. The summed E-state index contributed by atoms with van der Waals surface area (Å²) < 4.78 is 0. The fraction of sp³-hybridized carbons (Fsp3) is 0.375. The van der Waals surface area contributed by atoms with E-state index in [4.69, 9.17) is 0 Å². The third-order valence-electron chi connectivity index (χ3n) is 3.90. The predicted octanol–water partition coefficient (Wildman–Crippen LogP) is 3.17. The number of rotatable bonds is 2. The second-order valence-electron chi connectivity index (χ2n) is 5.55. The van der Waals surface area contributed by atoms with Crippen molar-refractivity contribution in [2.45, 2.75) is 19.8 Å². The van der Waals surface area contributed by atoms with Crippen molar-refractivity contribution in [2.24, 2.45) is 5.92 Å². The lowest BCUT2D eigenvalue weighted by Gasteiger charge is -2.32. The summed E-state index contributed by atoms with van der Waals surface area (Å²) in [7, 11) is 0.